The first-order valence-electron chi connectivity index (χ1n) is 12.8. The molecule has 3 aromatic rings. The minimum Gasteiger partial charge on any atom is -0.352 e. The van der Waals surface area contributed by atoms with E-state index in [0.29, 0.717) is 22.0 Å². The molecule has 4 nitrogen and oxygen atoms in total. The number of halogens is 2. The van der Waals surface area contributed by atoms with E-state index in [9.17, 15) is 9.59 Å². The maximum absolute atomic E-state index is 13.8. The molecule has 0 saturated heterocycles. The van der Waals surface area contributed by atoms with Gasteiger partial charge in [0, 0.05) is 39.5 Å². The van der Waals surface area contributed by atoms with Crippen molar-refractivity contribution in [3.63, 3.8) is 0 Å². The van der Waals surface area contributed by atoms with E-state index in [1.807, 2.05) is 60.7 Å². The van der Waals surface area contributed by atoms with Gasteiger partial charge >= 0.3 is 0 Å². The molecular formula is C30H32Cl2N2O2S. The highest BCUT2D eigenvalue weighted by Gasteiger charge is 2.32. The zero-order valence-corrected chi connectivity index (χ0v) is 23.1. The number of nitrogens with one attached hydrogen (secondary N) is 1. The van der Waals surface area contributed by atoms with Crippen molar-refractivity contribution in [1.29, 1.82) is 0 Å². The molecule has 37 heavy (non-hydrogen) atoms. The van der Waals surface area contributed by atoms with Crippen LogP contribution in [0.1, 0.15) is 43.2 Å². The molecule has 1 saturated carbocycles. The van der Waals surface area contributed by atoms with E-state index in [4.69, 9.17) is 23.2 Å². The molecule has 0 spiro atoms. The molecule has 1 N–H and O–H groups in total. The van der Waals surface area contributed by atoms with Gasteiger partial charge in [0.05, 0.1) is 5.75 Å². The lowest BCUT2D eigenvalue weighted by Crippen LogP contribution is -2.53. The van der Waals surface area contributed by atoms with E-state index in [-0.39, 0.29) is 30.2 Å². The van der Waals surface area contributed by atoms with Crippen LogP contribution < -0.4 is 5.32 Å². The Balaban J connectivity index is 1.64. The van der Waals surface area contributed by atoms with Crippen LogP contribution >= 0.6 is 35.0 Å². The predicted octanol–water partition coefficient (Wildman–Crippen LogP) is 7.17. The van der Waals surface area contributed by atoms with Crippen LogP contribution in [0.2, 0.25) is 10.0 Å². The summed E-state index contributed by atoms with van der Waals surface area (Å²) in [5.41, 5.74) is 1.64. The summed E-state index contributed by atoms with van der Waals surface area (Å²) in [6.07, 6.45) is 5.77. The Morgan fingerprint density at radius 2 is 1.49 bits per heavy atom. The standard InChI is InChI=1S/C30H32Cl2N2O2S/c31-26-17-10-18-27(32)25(26)20-34(29(35)21-37-24-15-8-3-9-16-24)28(19-22-11-4-1-5-12-22)30(36)33-23-13-6-2-7-14-23/h1,3-5,8-12,15-18,23,28H,2,6-7,13-14,19-21H2,(H,33,36). The van der Waals surface area contributed by atoms with Crippen molar-refractivity contribution in [3.8, 4) is 0 Å². The zero-order chi connectivity index (χ0) is 26.0. The van der Waals surface area contributed by atoms with Crippen LogP contribution in [0, 0.1) is 0 Å². The summed E-state index contributed by atoms with van der Waals surface area (Å²) in [4.78, 5) is 30.3. The fourth-order valence-corrected chi connectivity index (χ4v) is 6.02. The summed E-state index contributed by atoms with van der Waals surface area (Å²) >= 11 is 14.5. The van der Waals surface area contributed by atoms with Gasteiger partial charge in [0.15, 0.2) is 0 Å². The SMILES string of the molecule is O=C(NC1CCCCC1)C(Cc1ccccc1)N(Cc1c(Cl)cccc1Cl)C(=O)CSc1ccccc1. The third-order valence-electron chi connectivity index (χ3n) is 6.72. The Morgan fingerprint density at radius 3 is 2.14 bits per heavy atom. The van der Waals surface area contributed by atoms with Crippen LogP contribution in [0.5, 0.6) is 0 Å². The highest BCUT2D eigenvalue weighted by atomic mass is 35.5. The first kappa shape index (κ1) is 27.6. The lowest BCUT2D eigenvalue weighted by molar-refractivity contribution is -0.139. The van der Waals surface area contributed by atoms with Gasteiger partial charge in [-0.25, -0.2) is 0 Å². The second kappa shape index (κ2) is 13.9. The molecule has 194 valence electrons. The third-order valence-corrected chi connectivity index (χ3v) is 8.42. The molecule has 0 radical (unpaired) electrons. The number of nitrogens with zero attached hydrogens (tertiary/aromatic N) is 1. The fourth-order valence-electron chi connectivity index (χ4n) is 4.70. The van der Waals surface area contributed by atoms with Crippen molar-refractivity contribution in [2.24, 2.45) is 0 Å². The minimum absolute atomic E-state index is 0.128. The lowest BCUT2D eigenvalue weighted by Gasteiger charge is -2.34. The average Bonchev–Trinajstić information content (AvgIpc) is 2.92. The van der Waals surface area contributed by atoms with Gasteiger partial charge in [0.25, 0.3) is 0 Å². The van der Waals surface area contributed by atoms with Crippen LogP contribution in [0.15, 0.2) is 83.8 Å². The van der Waals surface area contributed by atoms with E-state index < -0.39 is 6.04 Å². The van der Waals surface area contributed by atoms with Crippen molar-refractivity contribution >= 4 is 46.8 Å². The third kappa shape index (κ3) is 8.00. The summed E-state index contributed by atoms with van der Waals surface area (Å²) in [6.45, 7) is 0.155. The highest BCUT2D eigenvalue weighted by Crippen LogP contribution is 2.28. The smallest absolute Gasteiger partial charge is 0.243 e. The molecule has 0 aliphatic heterocycles. The van der Waals surface area contributed by atoms with Gasteiger partial charge in [-0.1, -0.05) is 97.1 Å². The second-order valence-corrected chi connectivity index (χ2v) is 11.2. The molecular weight excluding hydrogens is 523 g/mol. The molecule has 1 fully saturated rings. The van der Waals surface area contributed by atoms with Gasteiger partial charge in [-0.05, 0) is 42.7 Å². The van der Waals surface area contributed by atoms with Gasteiger partial charge < -0.3 is 10.2 Å². The summed E-state index contributed by atoms with van der Waals surface area (Å²) in [5.74, 6) is -0.0600. The highest BCUT2D eigenvalue weighted by molar-refractivity contribution is 8.00. The summed E-state index contributed by atoms with van der Waals surface area (Å²) in [5, 5.41) is 4.22. The molecule has 2 amide bonds. The maximum atomic E-state index is 13.8. The predicted molar refractivity (Wildman–Crippen MR) is 153 cm³/mol. The van der Waals surface area contributed by atoms with E-state index >= 15 is 0 Å². The average molecular weight is 556 g/mol. The van der Waals surface area contributed by atoms with Crippen molar-refractivity contribution in [3.05, 3.63) is 100 Å². The van der Waals surface area contributed by atoms with Gasteiger partial charge in [-0.15, -0.1) is 11.8 Å². The molecule has 4 rings (SSSR count). The van der Waals surface area contributed by atoms with Crippen molar-refractivity contribution in [2.75, 3.05) is 5.75 Å². The molecule has 1 aliphatic rings. The van der Waals surface area contributed by atoms with Crippen LogP contribution in [-0.4, -0.2) is 34.6 Å². The number of hydrogen-bond acceptors (Lipinski definition) is 3. The number of benzene rings is 3. The quantitative estimate of drug-likeness (QED) is 0.270. The van der Waals surface area contributed by atoms with E-state index in [0.717, 1.165) is 36.1 Å². The number of carbonyl (C=O) groups is 2. The number of carbonyl (C=O) groups excluding carboxylic acids is 2. The first-order chi connectivity index (χ1) is 18.0. The number of thioether (sulfide) groups is 1. The second-order valence-electron chi connectivity index (χ2n) is 9.37. The van der Waals surface area contributed by atoms with Crippen molar-refractivity contribution in [1.82, 2.24) is 10.2 Å². The van der Waals surface area contributed by atoms with E-state index in [1.54, 1.807) is 23.1 Å². The van der Waals surface area contributed by atoms with Gasteiger partial charge in [0.1, 0.15) is 6.04 Å². The Labute approximate surface area is 233 Å². The van der Waals surface area contributed by atoms with Crippen LogP contribution in [0.25, 0.3) is 0 Å². The molecule has 1 aliphatic carbocycles. The van der Waals surface area contributed by atoms with Crippen LogP contribution in [0.3, 0.4) is 0 Å². The summed E-state index contributed by atoms with van der Waals surface area (Å²) in [7, 11) is 0. The molecule has 0 aromatic heterocycles. The Kier molecular flexibility index (Phi) is 10.4. The monoisotopic (exact) mass is 554 g/mol. The normalized spacial score (nSPS) is 14.6. The topological polar surface area (TPSA) is 49.4 Å². The zero-order valence-electron chi connectivity index (χ0n) is 20.7. The minimum atomic E-state index is -0.694. The van der Waals surface area contributed by atoms with E-state index in [2.05, 4.69) is 5.32 Å². The molecule has 1 unspecified atom stereocenters. The number of rotatable bonds is 10. The molecule has 0 bridgehead atoms. The van der Waals surface area contributed by atoms with Crippen molar-refractivity contribution in [2.45, 2.75) is 62.0 Å². The van der Waals surface area contributed by atoms with Gasteiger partial charge in [-0.3, -0.25) is 9.59 Å². The largest absolute Gasteiger partial charge is 0.352 e. The first-order valence-corrected chi connectivity index (χ1v) is 14.5. The number of amides is 2. The summed E-state index contributed by atoms with van der Waals surface area (Å²) in [6, 6.07) is 24.4. The maximum Gasteiger partial charge on any atom is 0.243 e. The number of hydrogen-bond donors (Lipinski definition) is 1. The van der Waals surface area contributed by atoms with Gasteiger partial charge in [-0.2, -0.15) is 0 Å². The molecule has 0 heterocycles. The van der Waals surface area contributed by atoms with Crippen molar-refractivity contribution < 1.29 is 9.59 Å². The Bertz CT molecular complexity index is 1150. The lowest BCUT2D eigenvalue weighted by atomic mass is 9.94. The van der Waals surface area contributed by atoms with Crippen LogP contribution in [0.4, 0.5) is 0 Å². The Hall–Kier alpha value is -2.47. The molecule has 7 heteroatoms. The molecule has 1 atom stereocenters. The Morgan fingerprint density at radius 1 is 0.865 bits per heavy atom. The van der Waals surface area contributed by atoms with E-state index in [1.165, 1.54) is 18.2 Å². The van der Waals surface area contributed by atoms with Gasteiger partial charge in [0.2, 0.25) is 11.8 Å². The fraction of sp³-hybridized carbons (Fsp3) is 0.333. The summed E-state index contributed by atoms with van der Waals surface area (Å²) < 4.78 is 0. The molecule has 3 aromatic carbocycles. The van der Waals surface area contributed by atoms with Crippen LogP contribution in [-0.2, 0) is 22.6 Å².